The van der Waals surface area contributed by atoms with E-state index in [9.17, 15) is 21.9 Å². The molecule has 0 saturated heterocycles. The molecule has 2 aromatic carbocycles. The summed E-state index contributed by atoms with van der Waals surface area (Å²) in [4.78, 5) is 6.38. The summed E-state index contributed by atoms with van der Waals surface area (Å²) in [5, 5.41) is 9.89. The minimum absolute atomic E-state index is 0. The summed E-state index contributed by atoms with van der Waals surface area (Å²) < 4.78 is 54.4. The number of hydrogen-bond donors (Lipinski definition) is 1. The predicted molar refractivity (Wildman–Crippen MR) is 147 cm³/mol. The third-order valence-electron chi connectivity index (χ3n) is 4.71. The lowest BCUT2D eigenvalue weighted by molar-refractivity contribution is 0.310. The number of phenolic OH excluding ortho intramolecular Hbond substituents is 1. The van der Waals surface area contributed by atoms with Crippen LogP contribution in [0.4, 0.5) is 11.4 Å². The number of aliphatic imine (C=N–C) groups is 1. The lowest BCUT2D eigenvalue weighted by Gasteiger charge is -2.25. The molecule has 0 amide bonds. The molecule has 0 aliphatic rings. The first kappa shape index (κ1) is 32.4. The highest BCUT2D eigenvalue weighted by molar-refractivity contribution is 7.86. The number of halogens is 3. The number of nitrogens with zero attached hydrogens (tertiary/aromatic N) is 2. The standard InChI is InChI=1S/C22H28Cl2N2O7S2.ClH/c1-16-12-19(7-6-17(16)15-25-18-13-20(23)22(27)21(24)14-18)26(8-4-10-32-34(2,28)29)9-5-11-33-35(3,30)31;/h6-7,12-15,27H,4-5,8-11H2,1-3H3;1H. The summed E-state index contributed by atoms with van der Waals surface area (Å²) in [6, 6.07) is 8.72. The Morgan fingerprint density at radius 3 is 1.89 bits per heavy atom. The SMILES string of the molecule is Cc1cc(N(CCCOS(C)(=O)=O)CCCOS(C)(=O)=O)ccc1C=Nc1cc(Cl)c(O)c(Cl)c1.Cl. The molecule has 202 valence electrons. The average Bonchev–Trinajstić information content (AvgIpc) is 2.74. The van der Waals surface area contributed by atoms with Gasteiger partial charge in [-0.1, -0.05) is 29.3 Å². The molecule has 36 heavy (non-hydrogen) atoms. The van der Waals surface area contributed by atoms with Crippen LogP contribution in [0.5, 0.6) is 5.75 Å². The number of aromatic hydroxyl groups is 1. The fraction of sp³-hybridized carbons (Fsp3) is 0.409. The van der Waals surface area contributed by atoms with E-state index < -0.39 is 20.2 Å². The molecule has 0 atom stereocenters. The third-order valence-corrected chi connectivity index (χ3v) is 6.48. The molecule has 2 rings (SSSR count). The van der Waals surface area contributed by atoms with Crippen LogP contribution in [0.1, 0.15) is 24.0 Å². The summed E-state index contributed by atoms with van der Waals surface area (Å²) in [5.74, 6) is -0.197. The maximum Gasteiger partial charge on any atom is 0.264 e. The van der Waals surface area contributed by atoms with Gasteiger partial charge < -0.3 is 10.0 Å². The number of anilines is 1. The molecule has 0 saturated carbocycles. The fourth-order valence-electron chi connectivity index (χ4n) is 3.07. The zero-order valence-electron chi connectivity index (χ0n) is 20.0. The smallest absolute Gasteiger partial charge is 0.264 e. The van der Waals surface area contributed by atoms with E-state index in [4.69, 9.17) is 31.6 Å². The van der Waals surface area contributed by atoms with Crippen LogP contribution in [0.15, 0.2) is 35.3 Å². The van der Waals surface area contributed by atoms with Gasteiger partial charge in [0.1, 0.15) is 0 Å². The predicted octanol–water partition coefficient (Wildman–Crippen LogP) is 4.72. The topological polar surface area (TPSA) is 123 Å². The Kier molecular flexibility index (Phi) is 12.9. The van der Waals surface area contributed by atoms with Gasteiger partial charge in [-0.2, -0.15) is 16.8 Å². The van der Waals surface area contributed by atoms with Crippen molar-refractivity contribution in [2.75, 3.05) is 43.7 Å². The van der Waals surface area contributed by atoms with Crippen molar-refractivity contribution in [2.45, 2.75) is 19.8 Å². The van der Waals surface area contributed by atoms with Gasteiger partial charge >= 0.3 is 0 Å². The second-order valence-corrected chi connectivity index (χ2v) is 11.9. The second-order valence-electron chi connectivity index (χ2n) is 7.80. The molecule has 0 aliphatic heterocycles. The maximum absolute atomic E-state index is 11.2. The molecule has 9 nitrogen and oxygen atoms in total. The Hall–Kier alpha value is -1.60. The Labute approximate surface area is 228 Å². The van der Waals surface area contributed by atoms with Crippen molar-refractivity contribution in [3.05, 3.63) is 51.5 Å². The molecular weight excluding hydrogens is 575 g/mol. The number of rotatable bonds is 13. The van der Waals surface area contributed by atoms with Crippen LogP contribution >= 0.6 is 35.6 Å². The highest BCUT2D eigenvalue weighted by Crippen LogP contribution is 2.35. The molecule has 2 aromatic rings. The van der Waals surface area contributed by atoms with Crippen LogP contribution in [0.3, 0.4) is 0 Å². The van der Waals surface area contributed by atoms with Crippen molar-refractivity contribution in [3.63, 3.8) is 0 Å². The summed E-state index contributed by atoms with van der Waals surface area (Å²) in [6.07, 6.45) is 4.55. The Morgan fingerprint density at radius 2 is 1.44 bits per heavy atom. The van der Waals surface area contributed by atoms with Crippen molar-refractivity contribution >= 4 is 73.4 Å². The molecule has 0 unspecified atom stereocenters. The van der Waals surface area contributed by atoms with Crippen LogP contribution in [0, 0.1) is 6.92 Å². The van der Waals surface area contributed by atoms with Crippen LogP contribution in [0.25, 0.3) is 0 Å². The molecule has 1 N–H and O–H groups in total. The highest BCUT2D eigenvalue weighted by Gasteiger charge is 2.11. The van der Waals surface area contributed by atoms with Gasteiger partial charge in [0.15, 0.2) is 5.75 Å². The van der Waals surface area contributed by atoms with E-state index in [0.29, 0.717) is 31.6 Å². The first-order valence-corrected chi connectivity index (χ1v) is 14.9. The Balaban J connectivity index is 0.00000648. The number of aryl methyl sites for hydroxylation is 1. The molecule has 0 fully saturated rings. The summed E-state index contributed by atoms with van der Waals surface area (Å²) in [7, 11) is -7.05. The van der Waals surface area contributed by atoms with Gasteiger partial charge in [-0.3, -0.25) is 13.4 Å². The monoisotopic (exact) mass is 602 g/mol. The molecule has 0 heterocycles. The zero-order valence-corrected chi connectivity index (χ0v) is 23.9. The molecule has 0 radical (unpaired) electrons. The van der Waals surface area contributed by atoms with Gasteiger partial charge in [0.25, 0.3) is 20.2 Å². The van der Waals surface area contributed by atoms with Gasteiger partial charge in [-0.25, -0.2) is 0 Å². The van der Waals surface area contributed by atoms with E-state index in [1.807, 2.05) is 30.0 Å². The van der Waals surface area contributed by atoms with Crippen LogP contribution in [-0.2, 0) is 28.6 Å². The van der Waals surface area contributed by atoms with Gasteiger partial charge in [0, 0.05) is 25.0 Å². The minimum Gasteiger partial charge on any atom is -0.505 e. The minimum atomic E-state index is -3.52. The Morgan fingerprint density at radius 1 is 0.944 bits per heavy atom. The molecule has 0 spiro atoms. The first-order chi connectivity index (χ1) is 16.2. The van der Waals surface area contributed by atoms with Gasteiger partial charge in [-0.15, -0.1) is 12.4 Å². The van der Waals surface area contributed by atoms with E-state index in [1.165, 1.54) is 12.1 Å². The fourth-order valence-corrected chi connectivity index (χ4v) is 4.39. The number of hydrogen-bond acceptors (Lipinski definition) is 9. The average molecular weight is 604 g/mol. The van der Waals surface area contributed by atoms with E-state index in [2.05, 4.69) is 4.99 Å². The normalized spacial score (nSPS) is 12.0. The van der Waals surface area contributed by atoms with Crippen molar-refractivity contribution in [2.24, 2.45) is 4.99 Å². The molecular formula is C22H29Cl3N2O7S2. The lowest BCUT2D eigenvalue weighted by Crippen LogP contribution is -2.28. The van der Waals surface area contributed by atoms with Crippen molar-refractivity contribution < 1.29 is 30.3 Å². The number of benzene rings is 2. The van der Waals surface area contributed by atoms with E-state index in [0.717, 1.165) is 29.3 Å². The highest BCUT2D eigenvalue weighted by atomic mass is 35.5. The van der Waals surface area contributed by atoms with Crippen LogP contribution in [-0.4, -0.2) is 67.0 Å². The second kappa shape index (κ2) is 14.4. The van der Waals surface area contributed by atoms with Crippen LogP contribution in [0.2, 0.25) is 10.0 Å². The first-order valence-electron chi connectivity index (χ1n) is 10.5. The molecule has 0 aliphatic carbocycles. The van der Waals surface area contributed by atoms with E-state index in [-0.39, 0.29) is 41.4 Å². The van der Waals surface area contributed by atoms with E-state index in [1.54, 1.807) is 6.21 Å². The number of phenols is 1. The van der Waals surface area contributed by atoms with Crippen molar-refractivity contribution in [1.29, 1.82) is 0 Å². The van der Waals surface area contributed by atoms with Gasteiger partial charge in [0.05, 0.1) is 41.5 Å². The third kappa shape index (κ3) is 11.6. The zero-order chi connectivity index (χ0) is 26.2. The van der Waals surface area contributed by atoms with E-state index >= 15 is 0 Å². The van der Waals surface area contributed by atoms with Gasteiger partial charge in [-0.05, 0) is 55.2 Å². The Bertz CT molecular complexity index is 1210. The summed E-state index contributed by atoms with van der Waals surface area (Å²) in [6.45, 7) is 2.98. The van der Waals surface area contributed by atoms with Gasteiger partial charge in [0.2, 0.25) is 0 Å². The van der Waals surface area contributed by atoms with Crippen molar-refractivity contribution in [1.82, 2.24) is 0 Å². The largest absolute Gasteiger partial charge is 0.505 e. The quantitative estimate of drug-likeness (QED) is 0.198. The van der Waals surface area contributed by atoms with Crippen LogP contribution < -0.4 is 4.90 Å². The molecule has 0 bridgehead atoms. The molecule has 14 heteroatoms. The lowest BCUT2D eigenvalue weighted by atomic mass is 10.1. The summed E-state index contributed by atoms with van der Waals surface area (Å²) in [5.41, 5.74) is 3.12. The summed E-state index contributed by atoms with van der Waals surface area (Å²) >= 11 is 11.9. The van der Waals surface area contributed by atoms with Crippen molar-refractivity contribution in [3.8, 4) is 5.75 Å². The maximum atomic E-state index is 11.2. The molecule has 0 aromatic heterocycles.